The van der Waals surface area contributed by atoms with Gasteiger partial charge in [0.2, 0.25) is 10.0 Å². The number of hydrogen-bond acceptors (Lipinski definition) is 4. The monoisotopic (exact) mass is 500 g/mol. The molecule has 35 heavy (non-hydrogen) atoms. The van der Waals surface area contributed by atoms with Gasteiger partial charge in [0.15, 0.2) is 0 Å². The van der Waals surface area contributed by atoms with Gasteiger partial charge >= 0.3 is 0 Å². The molecule has 1 N–H and O–H groups in total. The van der Waals surface area contributed by atoms with Crippen molar-refractivity contribution in [2.45, 2.75) is 36.5 Å². The predicted molar refractivity (Wildman–Crippen MR) is 130 cm³/mol. The van der Waals surface area contributed by atoms with Crippen LogP contribution in [0, 0.1) is 17.6 Å². The predicted octanol–water partition coefficient (Wildman–Crippen LogP) is 3.42. The molecule has 0 bridgehead atoms. The number of sulfonamides is 1. The molecule has 186 valence electrons. The maximum atomic E-state index is 15.0. The Balaban J connectivity index is 1.35. The number of fused-ring (bicyclic) bond motifs is 1. The Kier molecular flexibility index (Phi) is 6.74. The van der Waals surface area contributed by atoms with Gasteiger partial charge in [-0.2, -0.15) is 5.10 Å². The van der Waals surface area contributed by atoms with Gasteiger partial charge in [-0.1, -0.05) is 18.2 Å². The highest BCUT2D eigenvalue weighted by molar-refractivity contribution is 7.89. The summed E-state index contributed by atoms with van der Waals surface area (Å²) >= 11 is 0. The first-order valence-corrected chi connectivity index (χ1v) is 13.5. The van der Waals surface area contributed by atoms with Gasteiger partial charge in [0.05, 0.1) is 6.20 Å². The fourth-order valence-corrected chi connectivity index (χ4v) is 6.31. The number of halogens is 2. The lowest BCUT2D eigenvalue weighted by Gasteiger charge is -2.35. The van der Waals surface area contributed by atoms with Crippen molar-refractivity contribution >= 4 is 10.0 Å². The molecule has 1 saturated heterocycles. The second-order valence-corrected chi connectivity index (χ2v) is 11.5. The molecular weight excluding hydrogens is 470 g/mol. The average Bonchev–Trinajstić information content (AvgIpc) is 3.35. The van der Waals surface area contributed by atoms with Crippen molar-refractivity contribution < 1.29 is 17.2 Å². The molecule has 5 rings (SSSR count). The third kappa shape index (κ3) is 5.32. The van der Waals surface area contributed by atoms with Crippen molar-refractivity contribution in [2.24, 2.45) is 13.0 Å². The Morgan fingerprint density at radius 1 is 1.17 bits per heavy atom. The highest BCUT2D eigenvalue weighted by atomic mass is 32.2. The minimum Gasteiger partial charge on any atom is -0.303 e. The lowest BCUT2D eigenvalue weighted by atomic mass is 9.85. The molecule has 1 aromatic heterocycles. The van der Waals surface area contributed by atoms with Gasteiger partial charge in [0.1, 0.15) is 16.5 Å². The standard InChI is InChI=1S/C26H30F2N4O2S/c1-31-17-23(15-29-31)35(33,34)30-7-6-19-13-25-20(14-26(19)28)12-21(16-32-8-3-9-32)24(25)11-18-4-2-5-22(27)10-18/h2,4-5,10,13-15,17,21,24,30H,3,6-9,11-12,16H2,1H3. The number of rotatable bonds is 9. The number of nitrogens with zero attached hydrogens (tertiary/aromatic N) is 3. The molecule has 1 fully saturated rings. The van der Waals surface area contributed by atoms with E-state index < -0.39 is 10.0 Å². The van der Waals surface area contributed by atoms with Gasteiger partial charge in [0, 0.05) is 26.3 Å². The molecule has 2 aromatic carbocycles. The van der Waals surface area contributed by atoms with Crippen molar-refractivity contribution in [3.05, 3.63) is 82.7 Å². The van der Waals surface area contributed by atoms with Gasteiger partial charge in [-0.05, 0) is 91.1 Å². The molecule has 6 nitrogen and oxygen atoms in total. The summed E-state index contributed by atoms with van der Waals surface area (Å²) in [4.78, 5) is 2.51. The smallest absolute Gasteiger partial charge is 0.243 e. The van der Waals surface area contributed by atoms with Crippen LogP contribution in [-0.2, 0) is 36.3 Å². The van der Waals surface area contributed by atoms with Crippen LogP contribution in [-0.4, -0.2) is 49.3 Å². The maximum absolute atomic E-state index is 15.0. The number of benzene rings is 2. The molecule has 2 aliphatic rings. The highest BCUT2D eigenvalue weighted by Crippen LogP contribution is 2.42. The van der Waals surface area contributed by atoms with Crippen molar-refractivity contribution in [1.82, 2.24) is 19.4 Å². The molecule has 1 aliphatic heterocycles. The zero-order valence-corrected chi connectivity index (χ0v) is 20.6. The Morgan fingerprint density at radius 3 is 2.69 bits per heavy atom. The number of aromatic nitrogens is 2. The number of nitrogens with one attached hydrogen (secondary N) is 1. The largest absolute Gasteiger partial charge is 0.303 e. The van der Waals surface area contributed by atoms with E-state index in [4.69, 9.17) is 0 Å². The summed E-state index contributed by atoms with van der Waals surface area (Å²) in [5, 5.41) is 3.90. The molecule has 0 saturated carbocycles. The molecule has 0 spiro atoms. The van der Waals surface area contributed by atoms with Crippen LogP contribution in [0.3, 0.4) is 0 Å². The first kappa shape index (κ1) is 24.1. The molecule has 9 heteroatoms. The number of hydrogen-bond donors (Lipinski definition) is 1. The van der Waals surface area contributed by atoms with E-state index in [0.717, 1.165) is 42.7 Å². The Morgan fingerprint density at radius 2 is 2.00 bits per heavy atom. The lowest BCUT2D eigenvalue weighted by molar-refractivity contribution is 0.145. The number of aryl methyl sites for hydroxylation is 1. The van der Waals surface area contributed by atoms with Gasteiger partial charge in [-0.3, -0.25) is 4.68 Å². The summed E-state index contributed by atoms with van der Waals surface area (Å²) < 4.78 is 57.8. The molecule has 3 aromatic rings. The third-order valence-electron chi connectivity index (χ3n) is 7.22. The zero-order chi connectivity index (χ0) is 24.6. The topological polar surface area (TPSA) is 67.2 Å². The van der Waals surface area contributed by atoms with E-state index in [1.165, 1.54) is 29.6 Å². The van der Waals surface area contributed by atoms with Gasteiger partial charge in [-0.25, -0.2) is 21.9 Å². The van der Waals surface area contributed by atoms with Crippen LogP contribution in [0.4, 0.5) is 8.78 Å². The minimum atomic E-state index is -3.71. The third-order valence-corrected chi connectivity index (χ3v) is 8.64. The average molecular weight is 501 g/mol. The SMILES string of the molecule is Cn1cc(S(=O)(=O)NCCc2cc3c(cc2F)CC(CN2CCC2)C3Cc2cccc(F)c2)cn1. The van der Waals surface area contributed by atoms with E-state index >= 15 is 4.39 Å². The Hall–Kier alpha value is -2.62. The Labute approximate surface area is 205 Å². The first-order chi connectivity index (χ1) is 16.8. The van der Waals surface area contributed by atoms with Crippen LogP contribution >= 0.6 is 0 Å². The quantitative estimate of drug-likeness (QED) is 0.489. The molecule has 2 unspecified atom stereocenters. The number of likely N-dealkylation sites (tertiary alicyclic amines) is 1. The van der Waals surface area contributed by atoms with E-state index in [-0.39, 0.29) is 35.4 Å². The second kappa shape index (κ2) is 9.79. The summed E-state index contributed by atoms with van der Waals surface area (Å²) in [6, 6.07) is 10.2. The van der Waals surface area contributed by atoms with Crippen molar-refractivity contribution in [3.63, 3.8) is 0 Å². The van der Waals surface area contributed by atoms with Gasteiger partial charge in [0.25, 0.3) is 0 Å². The molecule has 0 radical (unpaired) electrons. The van der Waals surface area contributed by atoms with Crippen LogP contribution in [0.25, 0.3) is 0 Å². The van der Waals surface area contributed by atoms with E-state index in [0.29, 0.717) is 17.9 Å². The summed E-state index contributed by atoms with van der Waals surface area (Å²) in [7, 11) is -2.06. The van der Waals surface area contributed by atoms with Gasteiger partial charge < -0.3 is 4.90 Å². The van der Waals surface area contributed by atoms with Crippen LogP contribution in [0.5, 0.6) is 0 Å². The molecule has 0 amide bonds. The summed E-state index contributed by atoms with van der Waals surface area (Å²) in [5.74, 6) is -0.0507. The normalized spacial score (nSPS) is 20.1. The van der Waals surface area contributed by atoms with Crippen LogP contribution in [0.2, 0.25) is 0 Å². The van der Waals surface area contributed by atoms with Crippen molar-refractivity contribution in [2.75, 3.05) is 26.2 Å². The van der Waals surface area contributed by atoms with Gasteiger partial charge in [-0.15, -0.1) is 0 Å². The summed E-state index contributed by atoms with van der Waals surface area (Å²) in [6.45, 7) is 3.22. The summed E-state index contributed by atoms with van der Waals surface area (Å²) in [5.41, 5.74) is 3.54. The maximum Gasteiger partial charge on any atom is 0.243 e. The molecule has 2 heterocycles. The fourth-order valence-electron chi connectivity index (χ4n) is 5.29. The van der Waals surface area contributed by atoms with Crippen LogP contribution < -0.4 is 4.72 Å². The molecule has 1 aliphatic carbocycles. The van der Waals surface area contributed by atoms with Crippen LogP contribution in [0.15, 0.2) is 53.7 Å². The van der Waals surface area contributed by atoms with E-state index in [1.54, 1.807) is 25.2 Å². The van der Waals surface area contributed by atoms with E-state index in [1.807, 2.05) is 12.1 Å². The first-order valence-electron chi connectivity index (χ1n) is 12.0. The van der Waals surface area contributed by atoms with E-state index in [2.05, 4.69) is 14.7 Å². The molecule has 2 atom stereocenters. The van der Waals surface area contributed by atoms with Crippen LogP contribution in [0.1, 0.15) is 34.6 Å². The second-order valence-electron chi connectivity index (χ2n) is 9.70. The fraction of sp³-hybridized carbons (Fsp3) is 0.423. The lowest BCUT2D eigenvalue weighted by Crippen LogP contribution is -2.41. The minimum absolute atomic E-state index is 0.0819. The van der Waals surface area contributed by atoms with E-state index in [9.17, 15) is 12.8 Å². The zero-order valence-electron chi connectivity index (χ0n) is 19.8. The molecular formula is C26H30F2N4O2S. The van der Waals surface area contributed by atoms with Crippen molar-refractivity contribution in [1.29, 1.82) is 0 Å². The Bertz CT molecular complexity index is 1320. The van der Waals surface area contributed by atoms with Crippen molar-refractivity contribution in [3.8, 4) is 0 Å². The summed E-state index contributed by atoms with van der Waals surface area (Å²) in [6.07, 6.45) is 5.66. The highest BCUT2D eigenvalue weighted by Gasteiger charge is 2.35.